The van der Waals surface area contributed by atoms with E-state index in [0.717, 1.165) is 18.4 Å². The van der Waals surface area contributed by atoms with Crippen LogP contribution >= 0.6 is 0 Å². The van der Waals surface area contributed by atoms with Crippen molar-refractivity contribution in [2.75, 3.05) is 0 Å². The summed E-state index contributed by atoms with van der Waals surface area (Å²) in [7, 11) is -3.73. The van der Waals surface area contributed by atoms with Crippen molar-refractivity contribution in [1.82, 2.24) is 4.72 Å². The van der Waals surface area contributed by atoms with Crippen molar-refractivity contribution in [3.05, 3.63) is 29.3 Å². The molecule has 116 valence electrons. The summed E-state index contributed by atoms with van der Waals surface area (Å²) < 4.78 is 28.0. The molecule has 21 heavy (non-hydrogen) atoms. The van der Waals surface area contributed by atoms with Crippen LogP contribution in [0.15, 0.2) is 28.3 Å². The van der Waals surface area contributed by atoms with Crippen LogP contribution in [-0.4, -0.2) is 25.0 Å². The standard InChI is InChI=1S/C14H21N3O3S/c1-10-5-6-11(2)12(9-10)21(19,20)17-14(13(15)16-18)7-3-4-8-14/h5-6,9,17-18H,3-4,7-8H2,1-2H3,(H2,15,16). The lowest BCUT2D eigenvalue weighted by atomic mass is 9.98. The maximum atomic E-state index is 12.7. The third kappa shape index (κ3) is 3.03. The number of sulfonamides is 1. The Kier molecular flexibility index (Phi) is 4.25. The molecule has 1 aromatic carbocycles. The molecule has 0 spiro atoms. The number of nitrogens with two attached hydrogens (primary N) is 1. The molecule has 4 N–H and O–H groups in total. The van der Waals surface area contributed by atoms with Crippen LogP contribution in [0.25, 0.3) is 0 Å². The van der Waals surface area contributed by atoms with Gasteiger partial charge in [0.05, 0.1) is 10.4 Å². The molecular weight excluding hydrogens is 290 g/mol. The van der Waals surface area contributed by atoms with Gasteiger partial charge in [-0.2, -0.15) is 4.72 Å². The Morgan fingerprint density at radius 2 is 1.95 bits per heavy atom. The van der Waals surface area contributed by atoms with E-state index in [9.17, 15) is 8.42 Å². The van der Waals surface area contributed by atoms with Gasteiger partial charge >= 0.3 is 0 Å². The fourth-order valence-corrected chi connectivity index (χ4v) is 4.56. The Morgan fingerprint density at radius 1 is 1.33 bits per heavy atom. The zero-order chi connectivity index (χ0) is 15.7. The van der Waals surface area contributed by atoms with Gasteiger partial charge in [-0.1, -0.05) is 30.1 Å². The fourth-order valence-electron chi connectivity index (χ4n) is 2.79. The molecule has 1 saturated carbocycles. The zero-order valence-electron chi connectivity index (χ0n) is 12.3. The highest BCUT2D eigenvalue weighted by Gasteiger charge is 2.42. The number of benzene rings is 1. The minimum Gasteiger partial charge on any atom is -0.409 e. The van der Waals surface area contributed by atoms with Gasteiger partial charge in [0.2, 0.25) is 10.0 Å². The topological polar surface area (TPSA) is 105 Å². The van der Waals surface area contributed by atoms with E-state index in [0.29, 0.717) is 18.4 Å². The number of rotatable bonds is 4. The van der Waals surface area contributed by atoms with Crippen LogP contribution in [0.2, 0.25) is 0 Å². The van der Waals surface area contributed by atoms with Crippen molar-refractivity contribution >= 4 is 15.9 Å². The van der Waals surface area contributed by atoms with Gasteiger partial charge in [-0.3, -0.25) is 0 Å². The second-order valence-electron chi connectivity index (χ2n) is 5.65. The highest BCUT2D eigenvalue weighted by molar-refractivity contribution is 7.89. The zero-order valence-corrected chi connectivity index (χ0v) is 13.1. The monoisotopic (exact) mass is 311 g/mol. The summed E-state index contributed by atoms with van der Waals surface area (Å²) in [6.07, 6.45) is 2.75. The molecule has 1 aromatic rings. The van der Waals surface area contributed by atoms with Gasteiger partial charge in [0, 0.05) is 0 Å². The molecule has 7 heteroatoms. The number of hydrogen-bond donors (Lipinski definition) is 3. The molecule has 6 nitrogen and oxygen atoms in total. The van der Waals surface area contributed by atoms with E-state index >= 15 is 0 Å². The molecule has 0 saturated heterocycles. The average molecular weight is 311 g/mol. The van der Waals surface area contributed by atoms with Crippen LogP contribution in [0.4, 0.5) is 0 Å². The quantitative estimate of drug-likeness (QED) is 0.340. The lowest BCUT2D eigenvalue weighted by molar-refractivity contribution is 0.309. The molecule has 1 fully saturated rings. The number of amidine groups is 1. The molecule has 0 bridgehead atoms. The molecule has 0 heterocycles. The van der Waals surface area contributed by atoms with Crippen molar-refractivity contribution in [3.8, 4) is 0 Å². The highest BCUT2D eigenvalue weighted by Crippen LogP contribution is 2.32. The van der Waals surface area contributed by atoms with Gasteiger partial charge in [-0.05, 0) is 43.9 Å². The first-order chi connectivity index (χ1) is 9.81. The third-order valence-electron chi connectivity index (χ3n) is 4.02. The van der Waals surface area contributed by atoms with Crippen LogP contribution in [0, 0.1) is 13.8 Å². The van der Waals surface area contributed by atoms with E-state index in [4.69, 9.17) is 10.9 Å². The largest absolute Gasteiger partial charge is 0.409 e. The summed E-state index contributed by atoms with van der Waals surface area (Å²) in [5, 5.41) is 12.0. The molecule has 0 aromatic heterocycles. The van der Waals surface area contributed by atoms with Crippen LogP contribution in [0.1, 0.15) is 36.8 Å². The molecule has 1 aliphatic rings. The predicted molar refractivity (Wildman–Crippen MR) is 80.8 cm³/mol. The molecule has 0 unspecified atom stereocenters. The number of nitrogens with zero attached hydrogens (tertiary/aromatic N) is 1. The lowest BCUT2D eigenvalue weighted by Crippen LogP contribution is -2.55. The van der Waals surface area contributed by atoms with Gasteiger partial charge in [0.25, 0.3) is 0 Å². The minimum atomic E-state index is -3.73. The molecule has 1 aliphatic carbocycles. The number of aryl methyl sites for hydroxylation is 2. The molecule has 2 rings (SSSR count). The molecule has 0 aliphatic heterocycles. The van der Waals surface area contributed by atoms with E-state index in [1.165, 1.54) is 0 Å². The summed E-state index contributed by atoms with van der Waals surface area (Å²) in [5.41, 5.74) is 6.29. The first-order valence-corrected chi connectivity index (χ1v) is 8.38. The van der Waals surface area contributed by atoms with Gasteiger partial charge in [0.15, 0.2) is 5.84 Å². The summed E-state index contributed by atoms with van der Waals surface area (Å²) >= 11 is 0. The maximum absolute atomic E-state index is 12.7. The van der Waals surface area contributed by atoms with Crippen LogP contribution in [0.3, 0.4) is 0 Å². The van der Waals surface area contributed by atoms with Crippen molar-refractivity contribution in [3.63, 3.8) is 0 Å². The highest BCUT2D eigenvalue weighted by atomic mass is 32.2. The summed E-state index contributed by atoms with van der Waals surface area (Å²) in [5.74, 6) is -0.0751. The van der Waals surface area contributed by atoms with Gasteiger partial charge in [-0.25, -0.2) is 8.42 Å². The molecular formula is C14H21N3O3S. The lowest BCUT2D eigenvalue weighted by Gasteiger charge is -2.28. The summed E-state index contributed by atoms with van der Waals surface area (Å²) in [4.78, 5) is 0.236. The SMILES string of the molecule is Cc1ccc(C)c(S(=O)(=O)NC2(/C(N)=N/O)CCCC2)c1. The van der Waals surface area contributed by atoms with Crippen LogP contribution in [-0.2, 0) is 10.0 Å². The summed E-state index contributed by atoms with van der Waals surface area (Å²) in [6.45, 7) is 3.59. The second kappa shape index (κ2) is 5.65. The smallest absolute Gasteiger partial charge is 0.241 e. The van der Waals surface area contributed by atoms with Gasteiger partial charge in [-0.15, -0.1) is 0 Å². The first kappa shape index (κ1) is 15.8. The van der Waals surface area contributed by atoms with Crippen molar-refractivity contribution < 1.29 is 13.6 Å². The Hall–Kier alpha value is -1.60. The van der Waals surface area contributed by atoms with Crippen LogP contribution < -0.4 is 10.5 Å². The average Bonchev–Trinajstić information content (AvgIpc) is 2.89. The number of hydrogen-bond acceptors (Lipinski definition) is 4. The Morgan fingerprint density at radius 3 is 2.52 bits per heavy atom. The first-order valence-electron chi connectivity index (χ1n) is 6.90. The van der Waals surface area contributed by atoms with E-state index < -0.39 is 15.6 Å². The van der Waals surface area contributed by atoms with Gasteiger partial charge < -0.3 is 10.9 Å². The minimum absolute atomic E-state index is 0.0751. The van der Waals surface area contributed by atoms with Crippen molar-refractivity contribution in [2.24, 2.45) is 10.9 Å². The number of oxime groups is 1. The predicted octanol–water partition coefficient (Wildman–Crippen LogP) is 1.64. The number of nitrogens with one attached hydrogen (secondary N) is 1. The maximum Gasteiger partial charge on any atom is 0.241 e. The third-order valence-corrected chi connectivity index (χ3v) is 5.70. The Labute approximate surface area is 125 Å². The van der Waals surface area contributed by atoms with Crippen LogP contribution in [0.5, 0.6) is 0 Å². The summed E-state index contributed by atoms with van der Waals surface area (Å²) in [6, 6.07) is 5.27. The van der Waals surface area contributed by atoms with E-state index in [2.05, 4.69) is 9.88 Å². The van der Waals surface area contributed by atoms with Crippen molar-refractivity contribution in [1.29, 1.82) is 0 Å². The second-order valence-corrected chi connectivity index (χ2v) is 7.30. The molecule has 0 atom stereocenters. The van der Waals surface area contributed by atoms with E-state index in [1.54, 1.807) is 19.1 Å². The van der Waals surface area contributed by atoms with E-state index in [1.807, 2.05) is 13.0 Å². The Bertz CT molecular complexity index is 662. The molecule has 0 amide bonds. The molecule has 0 radical (unpaired) electrons. The Balaban J connectivity index is 2.42. The van der Waals surface area contributed by atoms with E-state index in [-0.39, 0.29) is 10.7 Å². The fraction of sp³-hybridized carbons (Fsp3) is 0.500. The van der Waals surface area contributed by atoms with Gasteiger partial charge in [0.1, 0.15) is 0 Å². The van der Waals surface area contributed by atoms with Crippen molar-refractivity contribution in [2.45, 2.75) is 50.0 Å². The normalized spacial score (nSPS) is 18.9.